The fraction of sp³-hybridized carbons (Fsp3) is 0.444. The van der Waals surface area contributed by atoms with Gasteiger partial charge in [-0.3, -0.25) is 9.59 Å². The zero-order valence-corrected chi connectivity index (χ0v) is 20.9. The Morgan fingerprint density at radius 3 is 2.31 bits per heavy atom. The van der Waals surface area contributed by atoms with Gasteiger partial charge in [-0.1, -0.05) is 62.4 Å². The van der Waals surface area contributed by atoms with Crippen LogP contribution in [0.15, 0.2) is 48.5 Å². The molecule has 3 N–H and O–H groups in total. The molecule has 1 saturated heterocycles. The van der Waals surface area contributed by atoms with Crippen LogP contribution in [0.25, 0.3) is 11.1 Å². The fourth-order valence-electron chi connectivity index (χ4n) is 4.98. The van der Waals surface area contributed by atoms with Gasteiger partial charge in [-0.05, 0) is 47.3 Å². The minimum atomic E-state index is -1.02. The Morgan fingerprint density at radius 1 is 1.09 bits per heavy atom. The lowest BCUT2D eigenvalue weighted by Gasteiger charge is -2.35. The van der Waals surface area contributed by atoms with Crippen LogP contribution in [0.1, 0.15) is 56.6 Å². The summed E-state index contributed by atoms with van der Waals surface area (Å²) in [6.45, 7) is 4.42. The molecule has 1 fully saturated rings. The molecule has 2 atom stereocenters. The average molecular weight is 497 g/mol. The summed E-state index contributed by atoms with van der Waals surface area (Å²) in [7, 11) is 0. The SMILES string of the molecule is CC1(C)CC(NC(=O)C(CCC(=O)O)NC(=O)OCC2c3ccccc3-c3ccccc32)CCS1. The third kappa shape index (κ3) is 6.17. The molecule has 0 aromatic heterocycles. The quantitative estimate of drug-likeness (QED) is 0.495. The number of carbonyl (C=O) groups excluding carboxylic acids is 2. The molecule has 0 radical (unpaired) electrons. The van der Waals surface area contributed by atoms with Crippen LogP contribution in [0.2, 0.25) is 0 Å². The lowest BCUT2D eigenvalue weighted by Crippen LogP contribution is -2.52. The zero-order chi connectivity index (χ0) is 25.0. The fourth-order valence-corrected chi connectivity index (χ4v) is 6.25. The predicted molar refractivity (Wildman–Crippen MR) is 137 cm³/mol. The van der Waals surface area contributed by atoms with Gasteiger partial charge in [0.25, 0.3) is 0 Å². The van der Waals surface area contributed by atoms with Crippen LogP contribution in [0.4, 0.5) is 4.79 Å². The largest absolute Gasteiger partial charge is 0.481 e. The van der Waals surface area contributed by atoms with Crippen LogP contribution in [-0.4, -0.2) is 52.3 Å². The Morgan fingerprint density at radius 2 is 1.71 bits per heavy atom. The highest BCUT2D eigenvalue weighted by Crippen LogP contribution is 2.44. The Labute approximate surface area is 210 Å². The highest BCUT2D eigenvalue weighted by atomic mass is 32.2. The van der Waals surface area contributed by atoms with Crippen molar-refractivity contribution >= 4 is 29.7 Å². The maximum absolute atomic E-state index is 13.0. The smallest absolute Gasteiger partial charge is 0.407 e. The van der Waals surface area contributed by atoms with Gasteiger partial charge >= 0.3 is 12.1 Å². The van der Waals surface area contributed by atoms with E-state index in [-0.39, 0.29) is 42.1 Å². The summed E-state index contributed by atoms with van der Waals surface area (Å²) >= 11 is 1.87. The van der Waals surface area contributed by atoms with Gasteiger partial charge in [-0.15, -0.1) is 0 Å². The van der Waals surface area contributed by atoms with Gasteiger partial charge in [-0.2, -0.15) is 11.8 Å². The van der Waals surface area contributed by atoms with Crippen molar-refractivity contribution in [2.24, 2.45) is 0 Å². The lowest BCUT2D eigenvalue weighted by molar-refractivity contribution is -0.137. The number of rotatable bonds is 8. The van der Waals surface area contributed by atoms with E-state index in [4.69, 9.17) is 9.84 Å². The average Bonchev–Trinajstić information content (AvgIpc) is 3.13. The first-order valence-electron chi connectivity index (χ1n) is 12.0. The van der Waals surface area contributed by atoms with Crippen LogP contribution < -0.4 is 10.6 Å². The summed E-state index contributed by atoms with van der Waals surface area (Å²) in [5, 5.41) is 14.7. The minimum Gasteiger partial charge on any atom is -0.481 e. The molecule has 35 heavy (non-hydrogen) atoms. The highest BCUT2D eigenvalue weighted by Gasteiger charge is 2.33. The predicted octanol–water partition coefficient (Wildman–Crippen LogP) is 4.55. The first kappa shape index (κ1) is 25.1. The van der Waals surface area contributed by atoms with Crippen molar-refractivity contribution < 1.29 is 24.2 Å². The molecule has 2 aromatic rings. The molecule has 0 saturated carbocycles. The van der Waals surface area contributed by atoms with Crippen LogP contribution in [-0.2, 0) is 14.3 Å². The van der Waals surface area contributed by atoms with Gasteiger partial charge in [0.2, 0.25) is 5.91 Å². The monoisotopic (exact) mass is 496 g/mol. The maximum Gasteiger partial charge on any atom is 0.407 e. The Balaban J connectivity index is 1.39. The van der Waals surface area contributed by atoms with Crippen LogP contribution >= 0.6 is 11.8 Å². The highest BCUT2D eigenvalue weighted by molar-refractivity contribution is 8.00. The first-order chi connectivity index (χ1) is 16.7. The molecule has 8 heteroatoms. The Hall–Kier alpha value is -3.00. The molecule has 1 heterocycles. The van der Waals surface area contributed by atoms with E-state index in [1.807, 2.05) is 48.2 Å². The summed E-state index contributed by atoms with van der Waals surface area (Å²) in [6, 6.07) is 15.1. The number of carbonyl (C=O) groups is 3. The van der Waals surface area contributed by atoms with E-state index in [9.17, 15) is 14.4 Å². The van der Waals surface area contributed by atoms with E-state index < -0.39 is 18.1 Å². The van der Waals surface area contributed by atoms with Crippen LogP contribution in [0.3, 0.4) is 0 Å². The van der Waals surface area contributed by atoms with Gasteiger partial charge in [0, 0.05) is 23.1 Å². The molecule has 1 aliphatic carbocycles. The molecule has 186 valence electrons. The van der Waals surface area contributed by atoms with E-state index in [0.717, 1.165) is 40.8 Å². The number of ether oxygens (including phenoxy) is 1. The maximum atomic E-state index is 13.0. The molecule has 2 unspecified atom stereocenters. The van der Waals surface area contributed by atoms with Gasteiger partial charge in [0.15, 0.2) is 0 Å². The molecule has 1 aliphatic heterocycles. The van der Waals surface area contributed by atoms with Gasteiger partial charge in [0.05, 0.1) is 0 Å². The molecule has 7 nitrogen and oxygen atoms in total. The second-order valence-electron chi connectivity index (χ2n) is 9.76. The zero-order valence-electron chi connectivity index (χ0n) is 20.1. The van der Waals surface area contributed by atoms with Crippen LogP contribution in [0, 0.1) is 0 Å². The topological polar surface area (TPSA) is 105 Å². The van der Waals surface area contributed by atoms with E-state index in [0.29, 0.717) is 0 Å². The second-order valence-corrected chi connectivity index (χ2v) is 11.6. The van der Waals surface area contributed by atoms with Crippen LogP contribution in [0.5, 0.6) is 0 Å². The minimum absolute atomic E-state index is 0.00375. The number of benzene rings is 2. The second kappa shape index (κ2) is 10.7. The summed E-state index contributed by atoms with van der Waals surface area (Å²) in [5.74, 6) is -0.543. The normalized spacial score (nSPS) is 19.2. The number of carboxylic acid groups (broad SMARTS) is 1. The van der Waals surface area contributed by atoms with E-state index in [1.54, 1.807) is 0 Å². The number of thioether (sulfide) groups is 1. The molecule has 2 amide bonds. The standard InChI is InChI=1S/C27H32N2O5S/c1-27(2)15-17(13-14-35-27)28-25(32)23(11-12-24(30)31)29-26(33)34-16-22-20-9-5-3-7-18(20)19-8-4-6-10-21(19)22/h3-10,17,22-23H,11-16H2,1-2H3,(H,28,32)(H,29,33)(H,30,31). The van der Waals surface area contributed by atoms with E-state index in [1.165, 1.54) is 0 Å². The van der Waals surface area contributed by atoms with Crippen molar-refractivity contribution in [3.63, 3.8) is 0 Å². The Kier molecular flexibility index (Phi) is 7.69. The lowest BCUT2D eigenvalue weighted by atomic mass is 9.98. The molecule has 0 bridgehead atoms. The number of alkyl carbamates (subject to hydrolysis) is 1. The van der Waals surface area contributed by atoms with Crippen molar-refractivity contribution in [3.8, 4) is 11.1 Å². The number of hydrogen-bond donors (Lipinski definition) is 3. The molecule has 4 rings (SSSR count). The third-order valence-electron chi connectivity index (χ3n) is 6.64. The third-order valence-corrected chi connectivity index (χ3v) is 8.03. The summed E-state index contributed by atoms with van der Waals surface area (Å²) in [6.07, 6.45) is 0.706. The summed E-state index contributed by atoms with van der Waals surface area (Å²) < 4.78 is 5.63. The van der Waals surface area contributed by atoms with Crippen molar-refractivity contribution in [2.45, 2.75) is 62.3 Å². The number of carboxylic acids is 1. The molecular formula is C27H32N2O5S. The Bertz CT molecular complexity index is 1060. The van der Waals surface area contributed by atoms with Crippen molar-refractivity contribution in [1.29, 1.82) is 0 Å². The number of amides is 2. The van der Waals surface area contributed by atoms with E-state index >= 15 is 0 Å². The molecule has 2 aromatic carbocycles. The van der Waals surface area contributed by atoms with E-state index in [2.05, 4.69) is 36.6 Å². The molecule has 2 aliphatic rings. The molecular weight excluding hydrogens is 464 g/mol. The molecule has 0 spiro atoms. The summed E-state index contributed by atoms with van der Waals surface area (Å²) in [4.78, 5) is 36.8. The number of fused-ring (bicyclic) bond motifs is 3. The van der Waals surface area contributed by atoms with Crippen molar-refractivity contribution in [1.82, 2.24) is 10.6 Å². The number of nitrogens with one attached hydrogen (secondary N) is 2. The van der Waals surface area contributed by atoms with Gasteiger partial charge in [0.1, 0.15) is 12.6 Å². The first-order valence-corrected chi connectivity index (χ1v) is 13.0. The van der Waals surface area contributed by atoms with Gasteiger partial charge in [-0.25, -0.2) is 4.79 Å². The van der Waals surface area contributed by atoms with Crippen molar-refractivity contribution in [2.75, 3.05) is 12.4 Å². The van der Waals surface area contributed by atoms with Gasteiger partial charge < -0.3 is 20.5 Å². The number of aliphatic carboxylic acids is 1. The summed E-state index contributed by atoms with van der Waals surface area (Å²) in [5.41, 5.74) is 4.45. The van der Waals surface area contributed by atoms with Crippen molar-refractivity contribution in [3.05, 3.63) is 59.7 Å². The number of hydrogen-bond acceptors (Lipinski definition) is 5.